The summed E-state index contributed by atoms with van der Waals surface area (Å²) in [5.74, 6) is -0.498. The molecule has 1 unspecified atom stereocenters. The number of ether oxygens (including phenoxy) is 2. The lowest BCUT2D eigenvalue weighted by Crippen LogP contribution is -2.33. The van der Waals surface area contributed by atoms with E-state index in [4.69, 9.17) is 9.47 Å². The van der Waals surface area contributed by atoms with E-state index in [1.807, 2.05) is 13.0 Å². The van der Waals surface area contributed by atoms with Crippen LogP contribution in [-0.2, 0) is 19.1 Å². The minimum absolute atomic E-state index is 0.299. The van der Waals surface area contributed by atoms with Crippen molar-refractivity contribution in [3.8, 4) is 0 Å². The molecule has 1 rings (SSSR count). The number of anilines is 1. The Morgan fingerprint density at radius 2 is 2.16 bits per heavy atom. The first kappa shape index (κ1) is 15.1. The number of pyridine rings is 1. The molecule has 1 aromatic rings. The lowest BCUT2D eigenvalue weighted by atomic mass is 10.2. The number of hydrogen-bond acceptors (Lipinski definition) is 5. The second kappa shape index (κ2) is 7.48. The molecule has 0 bridgehead atoms. The Balaban J connectivity index is 2.64. The van der Waals surface area contributed by atoms with Crippen LogP contribution in [0, 0.1) is 6.92 Å². The standard InChI is InChI=1S/C13H18N2O4/c1-9-4-5-12(14-8-9)15-13(17)11(6-7-18-3)19-10(2)16/h4-5,8,11H,6-7H2,1-3H3,(H,14,15,17). The molecule has 1 N–H and O–H groups in total. The van der Waals surface area contributed by atoms with Gasteiger partial charge in [0.05, 0.1) is 6.61 Å². The van der Waals surface area contributed by atoms with Gasteiger partial charge in [0.15, 0.2) is 6.10 Å². The number of esters is 1. The van der Waals surface area contributed by atoms with E-state index in [0.29, 0.717) is 18.8 Å². The zero-order valence-corrected chi connectivity index (χ0v) is 11.3. The van der Waals surface area contributed by atoms with E-state index in [1.165, 1.54) is 14.0 Å². The fraction of sp³-hybridized carbons (Fsp3) is 0.462. The van der Waals surface area contributed by atoms with Crippen LogP contribution in [0.5, 0.6) is 0 Å². The van der Waals surface area contributed by atoms with Crippen LogP contribution in [-0.4, -0.2) is 36.7 Å². The van der Waals surface area contributed by atoms with Crippen LogP contribution in [0.25, 0.3) is 0 Å². The second-order valence-electron chi connectivity index (χ2n) is 4.09. The van der Waals surface area contributed by atoms with Crippen molar-refractivity contribution in [1.82, 2.24) is 4.98 Å². The highest BCUT2D eigenvalue weighted by molar-refractivity contribution is 5.94. The third-order valence-electron chi connectivity index (χ3n) is 2.35. The van der Waals surface area contributed by atoms with E-state index in [-0.39, 0.29) is 0 Å². The minimum atomic E-state index is -0.874. The van der Waals surface area contributed by atoms with E-state index < -0.39 is 18.0 Å². The Morgan fingerprint density at radius 3 is 2.68 bits per heavy atom. The molecule has 6 nitrogen and oxygen atoms in total. The SMILES string of the molecule is COCCC(OC(C)=O)C(=O)Nc1ccc(C)cn1. The third-order valence-corrected chi connectivity index (χ3v) is 2.35. The fourth-order valence-corrected chi connectivity index (χ4v) is 1.42. The Hall–Kier alpha value is -1.95. The summed E-state index contributed by atoms with van der Waals surface area (Å²) in [5, 5.41) is 2.60. The predicted octanol–water partition coefficient (Wildman–Crippen LogP) is 1.30. The van der Waals surface area contributed by atoms with Crippen LogP contribution in [0.15, 0.2) is 18.3 Å². The van der Waals surface area contributed by atoms with Crippen LogP contribution in [0.2, 0.25) is 0 Å². The highest BCUT2D eigenvalue weighted by atomic mass is 16.5. The van der Waals surface area contributed by atoms with Gasteiger partial charge in [0, 0.05) is 26.7 Å². The molecule has 1 heterocycles. The molecular formula is C13H18N2O4. The van der Waals surface area contributed by atoms with Crippen molar-refractivity contribution in [3.05, 3.63) is 23.9 Å². The van der Waals surface area contributed by atoms with Gasteiger partial charge in [-0.3, -0.25) is 9.59 Å². The fourth-order valence-electron chi connectivity index (χ4n) is 1.42. The van der Waals surface area contributed by atoms with Gasteiger partial charge in [-0.1, -0.05) is 6.07 Å². The van der Waals surface area contributed by atoms with E-state index in [1.54, 1.807) is 12.3 Å². The number of nitrogens with zero attached hydrogens (tertiary/aromatic N) is 1. The van der Waals surface area contributed by atoms with Crippen molar-refractivity contribution in [1.29, 1.82) is 0 Å². The number of carbonyl (C=O) groups is 2. The summed E-state index contributed by atoms with van der Waals surface area (Å²) in [7, 11) is 1.52. The number of methoxy groups -OCH3 is 1. The molecule has 0 saturated heterocycles. The van der Waals surface area contributed by atoms with Gasteiger partial charge < -0.3 is 14.8 Å². The van der Waals surface area contributed by atoms with Crippen molar-refractivity contribution in [2.75, 3.05) is 19.0 Å². The van der Waals surface area contributed by atoms with Gasteiger partial charge in [-0.05, 0) is 18.6 Å². The first-order valence-electron chi connectivity index (χ1n) is 5.92. The minimum Gasteiger partial charge on any atom is -0.452 e. The van der Waals surface area contributed by atoms with E-state index >= 15 is 0 Å². The molecule has 0 aliphatic heterocycles. The quantitative estimate of drug-likeness (QED) is 0.785. The van der Waals surface area contributed by atoms with Gasteiger partial charge in [-0.15, -0.1) is 0 Å². The molecule has 0 saturated carbocycles. The second-order valence-corrected chi connectivity index (χ2v) is 4.09. The molecule has 6 heteroatoms. The Morgan fingerprint density at radius 1 is 1.42 bits per heavy atom. The Kier molecular flexibility index (Phi) is 5.95. The first-order valence-corrected chi connectivity index (χ1v) is 5.92. The Labute approximate surface area is 112 Å². The van der Waals surface area contributed by atoms with Crippen molar-refractivity contribution in [3.63, 3.8) is 0 Å². The zero-order chi connectivity index (χ0) is 14.3. The molecule has 0 aromatic carbocycles. The Bertz CT molecular complexity index is 431. The largest absolute Gasteiger partial charge is 0.452 e. The number of carbonyl (C=O) groups excluding carboxylic acids is 2. The molecule has 104 valence electrons. The molecule has 19 heavy (non-hydrogen) atoms. The molecule has 0 aliphatic rings. The number of amides is 1. The molecule has 0 fully saturated rings. The van der Waals surface area contributed by atoms with E-state index in [0.717, 1.165) is 5.56 Å². The summed E-state index contributed by atoms with van der Waals surface area (Å²) in [4.78, 5) is 27.0. The van der Waals surface area contributed by atoms with Crippen LogP contribution in [0.1, 0.15) is 18.9 Å². The molecule has 0 spiro atoms. The summed E-state index contributed by atoms with van der Waals surface area (Å²) in [6.45, 7) is 3.49. The van der Waals surface area contributed by atoms with Gasteiger partial charge in [-0.2, -0.15) is 0 Å². The van der Waals surface area contributed by atoms with Gasteiger partial charge >= 0.3 is 5.97 Å². The highest BCUT2D eigenvalue weighted by Gasteiger charge is 2.21. The maximum absolute atomic E-state index is 12.0. The summed E-state index contributed by atoms with van der Waals surface area (Å²) in [6.07, 6.45) is 1.07. The maximum Gasteiger partial charge on any atom is 0.303 e. The average Bonchev–Trinajstić information content (AvgIpc) is 2.36. The number of aryl methyl sites for hydroxylation is 1. The topological polar surface area (TPSA) is 77.5 Å². The van der Waals surface area contributed by atoms with Crippen molar-refractivity contribution < 1.29 is 19.1 Å². The average molecular weight is 266 g/mol. The van der Waals surface area contributed by atoms with Crippen LogP contribution < -0.4 is 5.32 Å². The molecule has 1 amide bonds. The first-order chi connectivity index (χ1) is 9.02. The molecular weight excluding hydrogens is 248 g/mol. The van der Waals surface area contributed by atoms with Gasteiger partial charge in [0.1, 0.15) is 5.82 Å². The smallest absolute Gasteiger partial charge is 0.303 e. The highest BCUT2D eigenvalue weighted by Crippen LogP contribution is 2.07. The predicted molar refractivity (Wildman–Crippen MR) is 69.7 cm³/mol. The van der Waals surface area contributed by atoms with Gasteiger partial charge in [0.2, 0.25) is 0 Å². The maximum atomic E-state index is 12.0. The summed E-state index contributed by atoms with van der Waals surface area (Å²) in [6, 6.07) is 3.52. The van der Waals surface area contributed by atoms with Crippen LogP contribution in [0.3, 0.4) is 0 Å². The molecule has 0 radical (unpaired) electrons. The van der Waals surface area contributed by atoms with Crippen molar-refractivity contribution in [2.45, 2.75) is 26.4 Å². The van der Waals surface area contributed by atoms with E-state index in [9.17, 15) is 9.59 Å². The molecule has 0 aliphatic carbocycles. The lowest BCUT2D eigenvalue weighted by Gasteiger charge is -2.16. The van der Waals surface area contributed by atoms with E-state index in [2.05, 4.69) is 10.3 Å². The normalized spacial score (nSPS) is 11.7. The number of rotatable bonds is 6. The van der Waals surface area contributed by atoms with Gasteiger partial charge in [0.25, 0.3) is 5.91 Å². The molecule has 1 aromatic heterocycles. The van der Waals surface area contributed by atoms with Crippen molar-refractivity contribution >= 4 is 17.7 Å². The third kappa shape index (κ3) is 5.48. The van der Waals surface area contributed by atoms with Gasteiger partial charge in [-0.25, -0.2) is 4.98 Å². The number of hydrogen-bond donors (Lipinski definition) is 1. The summed E-state index contributed by atoms with van der Waals surface area (Å²) in [5.41, 5.74) is 0.994. The number of nitrogens with one attached hydrogen (secondary N) is 1. The van der Waals surface area contributed by atoms with Crippen molar-refractivity contribution in [2.24, 2.45) is 0 Å². The number of aromatic nitrogens is 1. The molecule has 1 atom stereocenters. The summed E-state index contributed by atoms with van der Waals surface area (Å²) >= 11 is 0. The zero-order valence-electron chi connectivity index (χ0n) is 11.3. The lowest BCUT2D eigenvalue weighted by molar-refractivity contribution is -0.152. The monoisotopic (exact) mass is 266 g/mol. The van der Waals surface area contributed by atoms with Crippen LogP contribution in [0.4, 0.5) is 5.82 Å². The van der Waals surface area contributed by atoms with Crippen LogP contribution >= 0.6 is 0 Å². The summed E-state index contributed by atoms with van der Waals surface area (Å²) < 4.78 is 9.83.